The van der Waals surface area contributed by atoms with Crippen molar-refractivity contribution in [1.82, 2.24) is 0 Å². The second kappa shape index (κ2) is 1.99. The zero-order valence-electron chi connectivity index (χ0n) is 7.52. The van der Waals surface area contributed by atoms with E-state index in [0.29, 0.717) is 0 Å². The van der Waals surface area contributed by atoms with Crippen molar-refractivity contribution in [3.05, 3.63) is 0 Å². The molecule has 2 fully saturated rings. The van der Waals surface area contributed by atoms with E-state index in [-0.39, 0.29) is 17.5 Å². The summed E-state index contributed by atoms with van der Waals surface area (Å²) in [5.41, 5.74) is -0.121. The standard InChI is InChI=1S/C9H16O2/c1-8(2)9(3)6-4-5-7(10-8)11-9/h7H,4-6H2,1-3H3/t7-,9-/m0/s1. The topological polar surface area (TPSA) is 18.5 Å². The number of fused-ring (bicyclic) bond motifs is 2. The first kappa shape index (κ1) is 7.56. The van der Waals surface area contributed by atoms with Crippen LogP contribution in [0.5, 0.6) is 0 Å². The van der Waals surface area contributed by atoms with Crippen LogP contribution in [0.15, 0.2) is 0 Å². The average Bonchev–Trinajstić information content (AvgIpc) is 1.99. The molecular formula is C9H16O2. The smallest absolute Gasteiger partial charge is 0.159 e. The Kier molecular flexibility index (Phi) is 1.37. The highest BCUT2D eigenvalue weighted by atomic mass is 16.7. The minimum absolute atomic E-state index is 0.0318. The zero-order valence-corrected chi connectivity index (χ0v) is 7.52. The minimum Gasteiger partial charge on any atom is -0.344 e. The summed E-state index contributed by atoms with van der Waals surface area (Å²) in [6, 6.07) is 0. The van der Waals surface area contributed by atoms with Gasteiger partial charge < -0.3 is 9.47 Å². The molecule has 2 heteroatoms. The Hall–Kier alpha value is -0.0800. The summed E-state index contributed by atoms with van der Waals surface area (Å²) < 4.78 is 11.5. The maximum Gasteiger partial charge on any atom is 0.159 e. The summed E-state index contributed by atoms with van der Waals surface area (Å²) in [6.45, 7) is 6.41. The predicted molar refractivity (Wildman–Crippen MR) is 42.3 cm³/mol. The van der Waals surface area contributed by atoms with E-state index >= 15 is 0 Å². The zero-order chi connectivity index (χ0) is 8.11. The molecule has 2 rings (SSSR count). The van der Waals surface area contributed by atoms with E-state index in [4.69, 9.17) is 9.47 Å². The van der Waals surface area contributed by atoms with Gasteiger partial charge in [-0.3, -0.25) is 0 Å². The van der Waals surface area contributed by atoms with E-state index in [2.05, 4.69) is 20.8 Å². The Balaban J connectivity index is 2.28. The highest BCUT2D eigenvalue weighted by Gasteiger charge is 2.53. The summed E-state index contributed by atoms with van der Waals surface area (Å²) in [7, 11) is 0. The van der Waals surface area contributed by atoms with Crippen molar-refractivity contribution < 1.29 is 9.47 Å². The molecule has 2 bridgehead atoms. The maximum atomic E-state index is 5.78. The minimum atomic E-state index is -0.0891. The lowest BCUT2D eigenvalue weighted by atomic mass is 9.83. The fourth-order valence-corrected chi connectivity index (χ4v) is 1.99. The number of hydrogen-bond donors (Lipinski definition) is 0. The highest BCUT2D eigenvalue weighted by Crippen LogP contribution is 2.46. The summed E-state index contributed by atoms with van der Waals surface area (Å²) in [4.78, 5) is 0. The van der Waals surface area contributed by atoms with Crippen LogP contribution in [0.3, 0.4) is 0 Å². The first-order chi connectivity index (χ1) is 5.04. The largest absolute Gasteiger partial charge is 0.344 e. The molecule has 2 nitrogen and oxygen atoms in total. The van der Waals surface area contributed by atoms with Crippen molar-refractivity contribution in [2.45, 2.75) is 57.5 Å². The quantitative estimate of drug-likeness (QED) is 0.534. The molecular weight excluding hydrogens is 140 g/mol. The van der Waals surface area contributed by atoms with Gasteiger partial charge in [0.1, 0.15) is 0 Å². The maximum absolute atomic E-state index is 5.78. The van der Waals surface area contributed by atoms with Gasteiger partial charge in [-0.2, -0.15) is 0 Å². The Morgan fingerprint density at radius 1 is 1.18 bits per heavy atom. The van der Waals surface area contributed by atoms with Crippen molar-refractivity contribution in [3.8, 4) is 0 Å². The summed E-state index contributed by atoms with van der Waals surface area (Å²) in [5, 5.41) is 0. The molecule has 0 spiro atoms. The molecule has 0 aromatic carbocycles. The Bertz CT molecular complexity index is 174. The van der Waals surface area contributed by atoms with Gasteiger partial charge in [0.2, 0.25) is 0 Å². The van der Waals surface area contributed by atoms with Crippen LogP contribution in [0.2, 0.25) is 0 Å². The van der Waals surface area contributed by atoms with Crippen molar-refractivity contribution in [2.24, 2.45) is 0 Å². The third-order valence-corrected chi connectivity index (χ3v) is 3.18. The van der Waals surface area contributed by atoms with Gasteiger partial charge in [0.25, 0.3) is 0 Å². The van der Waals surface area contributed by atoms with Crippen LogP contribution < -0.4 is 0 Å². The monoisotopic (exact) mass is 156 g/mol. The molecule has 0 amide bonds. The lowest BCUT2D eigenvalue weighted by Crippen LogP contribution is -2.45. The van der Waals surface area contributed by atoms with Crippen molar-refractivity contribution in [1.29, 1.82) is 0 Å². The van der Waals surface area contributed by atoms with Crippen LogP contribution in [-0.2, 0) is 9.47 Å². The molecule has 2 saturated heterocycles. The molecule has 2 atom stereocenters. The van der Waals surface area contributed by atoms with E-state index in [1.807, 2.05) is 0 Å². The van der Waals surface area contributed by atoms with E-state index in [1.54, 1.807) is 0 Å². The molecule has 2 heterocycles. The molecule has 0 aromatic heterocycles. The lowest BCUT2D eigenvalue weighted by Gasteiger charge is -2.35. The van der Waals surface area contributed by atoms with Gasteiger partial charge in [-0.15, -0.1) is 0 Å². The van der Waals surface area contributed by atoms with Crippen LogP contribution in [-0.4, -0.2) is 17.5 Å². The van der Waals surface area contributed by atoms with Crippen molar-refractivity contribution in [3.63, 3.8) is 0 Å². The normalized spacial score (nSPS) is 47.7. The lowest BCUT2D eigenvalue weighted by molar-refractivity contribution is -0.114. The SMILES string of the molecule is CC1(C)O[C@@H]2CCC[C@]1(C)O2. The van der Waals surface area contributed by atoms with Gasteiger partial charge in [-0.1, -0.05) is 0 Å². The van der Waals surface area contributed by atoms with E-state index < -0.39 is 0 Å². The van der Waals surface area contributed by atoms with Gasteiger partial charge in [-0.05, 0) is 40.0 Å². The van der Waals surface area contributed by atoms with Crippen LogP contribution in [0, 0.1) is 0 Å². The summed E-state index contributed by atoms with van der Waals surface area (Å²) >= 11 is 0. The molecule has 2 aliphatic rings. The molecule has 0 aromatic rings. The Morgan fingerprint density at radius 2 is 1.91 bits per heavy atom. The van der Waals surface area contributed by atoms with Gasteiger partial charge in [-0.25, -0.2) is 0 Å². The van der Waals surface area contributed by atoms with Crippen LogP contribution in [0.25, 0.3) is 0 Å². The molecule has 0 aliphatic carbocycles. The average molecular weight is 156 g/mol. The van der Waals surface area contributed by atoms with E-state index in [0.717, 1.165) is 12.8 Å². The van der Waals surface area contributed by atoms with Crippen LogP contribution in [0.1, 0.15) is 40.0 Å². The third kappa shape index (κ3) is 0.926. The Morgan fingerprint density at radius 3 is 2.45 bits per heavy atom. The van der Waals surface area contributed by atoms with Gasteiger partial charge >= 0.3 is 0 Å². The van der Waals surface area contributed by atoms with Crippen LogP contribution in [0.4, 0.5) is 0 Å². The summed E-state index contributed by atoms with van der Waals surface area (Å²) in [5.74, 6) is 0. The van der Waals surface area contributed by atoms with E-state index in [9.17, 15) is 0 Å². The fourth-order valence-electron chi connectivity index (χ4n) is 1.99. The second-order valence-corrected chi connectivity index (χ2v) is 4.30. The molecule has 0 saturated carbocycles. The predicted octanol–water partition coefficient (Wildman–Crippen LogP) is 2.08. The Labute approximate surface area is 67.9 Å². The first-order valence-corrected chi connectivity index (χ1v) is 4.39. The second-order valence-electron chi connectivity index (χ2n) is 4.30. The number of rotatable bonds is 0. The fraction of sp³-hybridized carbons (Fsp3) is 1.00. The number of ether oxygens (including phenoxy) is 2. The van der Waals surface area contributed by atoms with E-state index in [1.165, 1.54) is 6.42 Å². The molecule has 0 N–H and O–H groups in total. The van der Waals surface area contributed by atoms with Gasteiger partial charge in [0.05, 0.1) is 11.2 Å². The van der Waals surface area contributed by atoms with Gasteiger partial charge in [0, 0.05) is 0 Å². The first-order valence-electron chi connectivity index (χ1n) is 4.39. The van der Waals surface area contributed by atoms with Crippen molar-refractivity contribution >= 4 is 0 Å². The molecule has 0 unspecified atom stereocenters. The molecule has 2 aliphatic heterocycles. The third-order valence-electron chi connectivity index (χ3n) is 3.18. The van der Waals surface area contributed by atoms with Crippen molar-refractivity contribution in [2.75, 3.05) is 0 Å². The molecule has 0 radical (unpaired) electrons. The summed E-state index contributed by atoms with van der Waals surface area (Å²) in [6.07, 6.45) is 3.52. The van der Waals surface area contributed by atoms with Gasteiger partial charge in [0.15, 0.2) is 6.29 Å². The highest BCUT2D eigenvalue weighted by molar-refractivity contribution is 5.00. The number of hydrogen-bond acceptors (Lipinski definition) is 2. The molecule has 11 heavy (non-hydrogen) atoms. The molecule has 64 valence electrons. The van der Waals surface area contributed by atoms with Crippen LogP contribution >= 0.6 is 0 Å².